The third kappa shape index (κ3) is 3.21. The molecule has 6 rings (SSSR count). The normalized spacial score (nSPS) is 14.3. The second-order valence-electron chi connectivity index (χ2n) is 8.48. The molecule has 0 aliphatic heterocycles. The Balaban J connectivity index is 1.41. The van der Waals surface area contributed by atoms with Crippen molar-refractivity contribution in [2.75, 3.05) is 11.9 Å². The summed E-state index contributed by atoms with van der Waals surface area (Å²) >= 11 is 6.27. The van der Waals surface area contributed by atoms with Crippen LogP contribution >= 0.6 is 11.6 Å². The van der Waals surface area contributed by atoms with Crippen molar-refractivity contribution >= 4 is 39.8 Å². The smallest absolute Gasteiger partial charge is 0.257 e. The van der Waals surface area contributed by atoms with Crippen molar-refractivity contribution < 1.29 is 0 Å². The Morgan fingerprint density at radius 2 is 1.85 bits per heavy atom. The molecule has 0 spiro atoms. The highest BCUT2D eigenvalue weighted by Gasteiger charge is 2.44. The molecule has 0 N–H and O–H groups in total. The highest BCUT2D eigenvalue weighted by atomic mass is 35.5. The Kier molecular flexibility index (Phi) is 4.36. The fourth-order valence-corrected chi connectivity index (χ4v) is 4.53. The zero-order valence-corrected chi connectivity index (χ0v) is 18.7. The maximum Gasteiger partial charge on any atom is 0.257 e. The van der Waals surface area contributed by atoms with E-state index in [2.05, 4.69) is 63.6 Å². The highest BCUT2D eigenvalue weighted by molar-refractivity contribution is 6.31. The lowest BCUT2D eigenvalue weighted by atomic mass is 9.95. The second kappa shape index (κ2) is 7.29. The molecule has 7 heteroatoms. The van der Waals surface area contributed by atoms with E-state index in [0.717, 1.165) is 51.9 Å². The molecule has 0 atom stereocenters. The summed E-state index contributed by atoms with van der Waals surface area (Å²) in [6.07, 6.45) is 3.55. The van der Waals surface area contributed by atoms with Crippen LogP contribution in [0, 0.1) is 11.3 Å². The van der Waals surface area contributed by atoms with Crippen LogP contribution in [0.5, 0.6) is 0 Å². The molecule has 1 aliphatic rings. The number of rotatable bonds is 4. The van der Waals surface area contributed by atoms with E-state index in [1.165, 1.54) is 0 Å². The number of benzene rings is 3. The fourth-order valence-electron chi connectivity index (χ4n) is 4.37. The zero-order valence-electron chi connectivity index (χ0n) is 17.9. The molecule has 0 bridgehead atoms. The molecule has 0 amide bonds. The molecule has 6 nitrogen and oxygen atoms in total. The average molecular weight is 451 g/mol. The maximum atomic E-state index is 9.47. The van der Waals surface area contributed by atoms with Crippen LogP contribution in [0.4, 0.5) is 11.5 Å². The van der Waals surface area contributed by atoms with Crippen LogP contribution in [0.2, 0.25) is 5.02 Å². The van der Waals surface area contributed by atoms with E-state index in [1.54, 1.807) is 6.33 Å². The minimum atomic E-state index is -0.267. The van der Waals surface area contributed by atoms with Gasteiger partial charge in [0.25, 0.3) is 5.78 Å². The van der Waals surface area contributed by atoms with E-state index < -0.39 is 0 Å². The number of nitrogens with zero attached hydrogens (tertiary/aromatic N) is 6. The third-order valence-electron chi connectivity index (χ3n) is 6.48. The van der Waals surface area contributed by atoms with E-state index in [1.807, 2.05) is 35.7 Å². The number of halogens is 1. The molecule has 0 saturated heterocycles. The summed E-state index contributed by atoms with van der Waals surface area (Å²) in [7, 11) is 2.00. The standard InChI is InChI=1S/C26H19ClN6/c1-32(24-22-10-9-20(27)14-23(22)33-16-29-31-25(33)30-24)21-4-2-3-18(13-21)17-5-7-19(8-6-17)26(15-28)11-12-26/h2-10,13-14,16H,11-12H2,1H3. The summed E-state index contributed by atoms with van der Waals surface area (Å²) in [5.41, 5.74) is 4.95. The van der Waals surface area contributed by atoms with E-state index in [0.29, 0.717) is 10.8 Å². The Bertz CT molecular complexity index is 1560. The monoisotopic (exact) mass is 450 g/mol. The molecule has 3 aromatic carbocycles. The van der Waals surface area contributed by atoms with Gasteiger partial charge in [0.1, 0.15) is 12.1 Å². The lowest BCUT2D eigenvalue weighted by molar-refractivity contribution is 0.909. The highest BCUT2D eigenvalue weighted by Crippen LogP contribution is 2.47. The molecule has 33 heavy (non-hydrogen) atoms. The van der Waals surface area contributed by atoms with Gasteiger partial charge in [0.15, 0.2) is 0 Å². The maximum absolute atomic E-state index is 9.47. The third-order valence-corrected chi connectivity index (χ3v) is 6.72. The quantitative estimate of drug-likeness (QED) is 0.340. The van der Waals surface area contributed by atoms with Gasteiger partial charge in [0.2, 0.25) is 0 Å². The number of nitriles is 1. The van der Waals surface area contributed by atoms with E-state index >= 15 is 0 Å². The molecule has 1 fully saturated rings. The van der Waals surface area contributed by atoms with Crippen molar-refractivity contribution in [2.45, 2.75) is 18.3 Å². The Hall–Kier alpha value is -3.95. The van der Waals surface area contributed by atoms with Gasteiger partial charge >= 0.3 is 0 Å². The van der Waals surface area contributed by atoms with E-state index in [9.17, 15) is 5.26 Å². The molecule has 2 aromatic heterocycles. The lowest BCUT2D eigenvalue weighted by Gasteiger charge is -2.21. The van der Waals surface area contributed by atoms with Gasteiger partial charge in [0, 0.05) is 23.1 Å². The number of fused-ring (bicyclic) bond motifs is 3. The molecule has 160 valence electrons. The van der Waals surface area contributed by atoms with Gasteiger partial charge in [-0.2, -0.15) is 10.2 Å². The predicted molar refractivity (Wildman–Crippen MR) is 130 cm³/mol. The molecule has 1 aliphatic carbocycles. The van der Waals surface area contributed by atoms with Gasteiger partial charge in [-0.3, -0.25) is 4.40 Å². The second-order valence-corrected chi connectivity index (χ2v) is 8.91. The average Bonchev–Trinajstić information content (AvgIpc) is 3.52. The van der Waals surface area contributed by atoms with Gasteiger partial charge in [-0.1, -0.05) is 48.0 Å². The lowest BCUT2D eigenvalue weighted by Crippen LogP contribution is -2.13. The summed E-state index contributed by atoms with van der Waals surface area (Å²) < 4.78 is 1.84. The number of hydrogen-bond acceptors (Lipinski definition) is 5. The first-order chi connectivity index (χ1) is 16.1. The number of hydrogen-bond donors (Lipinski definition) is 0. The van der Waals surface area contributed by atoms with Gasteiger partial charge in [-0.05, 0) is 59.9 Å². The molecular weight excluding hydrogens is 432 g/mol. The van der Waals surface area contributed by atoms with Crippen molar-refractivity contribution in [2.24, 2.45) is 0 Å². The fraction of sp³-hybridized carbons (Fsp3) is 0.154. The van der Waals surface area contributed by atoms with E-state index in [-0.39, 0.29) is 5.41 Å². The zero-order chi connectivity index (χ0) is 22.6. The number of anilines is 2. The van der Waals surface area contributed by atoms with Crippen LogP contribution in [-0.2, 0) is 5.41 Å². The Labute approximate surface area is 195 Å². The van der Waals surface area contributed by atoms with Crippen LogP contribution in [0.25, 0.3) is 27.8 Å². The molecule has 5 aromatic rings. The van der Waals surface area contributed by atoms with Crippen LogP contribution in [0.3, 0.4) is 0 Å². The van der Waals surface area contributed by atoms with Crippen molar-refractivity contribution in [3.8, 4) is 17.2 Å². The molecule has 1 saturated carbocycles. The first-order valence-electron chi connectivity index (χ1n) is 10.7. The summed E-state index contributed by atoms with van der Waals surface area (Å²) in [5, 5.41) is 19.2. The summed E-state index contributed by atoms with van der Waals surface area (Å²) in [6, 6.07) is 24.9. The number of aromatic nitrogens is 4. The first-order valence-corrected chi connectivity index (χ1v) is 11.1. The SMILES string of the molecule is CN(c1cccc(-c2ccc(C3(C#N)CC3)cc2)c1)c1nc2nncn2c2cc(Cl)ccc12. The van der Waals surface area contributed by atoms with Gasteiger partial charge in [-0.15, -0.1) is 10.2 Å². The summed E-state index contributed by atoms with van der Waals surface area (Å²) in [6.45, 7) is 0. The van der Waals surface area contributed by atoms with Crippen LogP contribution < -0.4 is 4.90 Å². The molecular formula is C26H19ClN6. The van der Waals surface area contributed by atoms with Crippen molar-refractivity contribution in [1.29, 1.82) is 5.26 Å². The summed E-state index contributed by atoms with van der Waals surface area (Å²) in [5.74, 6) is 1.30. The Morgan fingerprint density at radius 1 is 1.03 bits per heavy atom. The van der Waals surface area contributed by atoms with Gasteiger partial charge < -0.3 is 4.90 Å². The predicted octanol–water partition coefficient (Wildman–Crippen LogP) is 5.92. The van der Waals surface area contributed by atoms with Crippen LogP contribution in [0.1, 0.15) is 18.4 Å². The van der Waals surface area contributed by atoms with Crippen molar-refractivity contribution in [3.63, 3.8) is 0 Å². The molecule has 0 unspecified atom stereocenters. The topological polar surface area (TPSA) is 70.1 Å². The van der Waals surface area contributed by atoms with Crippen molar-refractivity contribution in [1.82, 2.24) is 19.6 Å². The summed E-state index contributed by atoms with van der Waals surface area (Å²) in [4.78, 5) is 6.82. The van der Waals surface area contributed by atoms with Gasteiger partial charge in [0.05, 0.1) is 17.0 Å². The minimum Gasteiger partial charge on any atom is -0.329 e. The Morgan fingerprint density at radius 3 is 2.61 bits per heavy atom. The van der Waals surface area contributed by atoms with Crippen LogP contribution in [0.15, 0.2) is 73.1 Å². The van der Waals surface area contributed by atoms with Gasteiger partial charge in [-0.25, -0.2) is 0 Å². The van der Waals surface area contributed by atoms with Crippen molar-refractivity contribution in [3.05, 3.63) is 83.6 Å². The van der Waals surface area contributed by atoms with E-state index in [4.69, 9.17) is 16.6 Å². The largest absolute Gasteiger partial charge is 0.329 e. The molecule has 0 radical (unpaired) electrons. The minimum absolute atomic E-state index is 0.267. The van der Waals surface area contributed by atoms with Crippen LogP contribution in [-0.4, -0.2) is 26.6 Å². The molecule has 2 heterocycles. The first kappa shape index (κ1) is 19.7.